The zero-order chi connectivity index (χ0) is 12.7. The fourth-order valence-corrected chi connectivity index (χ4v) is 2.01. The van der Waals surface area contributed by atoms with Gasteiger partial charge in [0.05, 0.1) is 25.7 Å². The van der Waals surface area contributed by atoms with E-state index in [4.69, 9.17) is 14.2 Å². The largest absolute Gasteiger partial charge is 0.466 e. The van der Waals surface area contributed by atoms with E-state index in [-0.39, 0.29) is 11.9 Å². The maximum Gasteiger partial charge on any atom is 0.308 e. The fourth-order valence-electron chi connectivity index (χ4n) is 2.01. The monoisotopic (exact) mass is 244 g/mol. The third-order valence-corrected chi connectivity index (χ3v) is 3.16. The van der Waals surface area contributed by atoms with Crippen LogP contribution in [-0.4, -0.2) is 31.6 Å². The molecular formula is C13H24O4. The Balaban J connectivity index is 2.38. The van der Waals surface area contributed by atoms with Gasteiger partial charge in [-0.25, -0.2) is 0 Å². The highest BCUT2D eigenvalue weighted by molar-refractivity contribution is 5.72. The Morgan fingerprint density at radius 3 is 2.53 bits per heavy atom. The van der Waals surface area contributed by atoms with Crippen molar-refractivity contribution in [2.75, 3.05) is 19.8 Å². The van der Waals surface area contributed by atoms with Gasteiger partial charge in [0.2, 0.25) is 0 Å². The molecule has 0 amide bonds. The van der Waals surface area contributed by atoms with Crippen molar-refractivity contribution in [3.63, 3.8) is 0 Å². The SMILES string of the molecule is CCOC(=O)C(CC)CCC1(C)OCCCO1. The van der Waals surface area contributed by atoms with E-state index in [1.807, 2.05) is 20.8 Å². The molecule has 0 aromatic carbocycles. The van der Waals surface area contributed by atoms with Gasteiger partial charge in [-0.15, -0.1) is 0 Å². The lowest BCUT2D eigenvalue weighted by molar-refractivity contribution is -0.260. The molecule has 1 saturated heterocycles. The minimum atomic E-state index is -0.516. The van der Waals surface area contributed by atoms with Gasteiger partial charge < -0.3 is 14.2 Å². The predicted octanol–water partition coefficient (Wildman–Crippen LogP) is 2.51. The lowest BCUT2D eigenvalue weighted by atomic mass is 9.97. The second kappa shape index (κ2) is 6.97. The Bertz CT molecular complexity index is 234. The molecule has 1 rings (SSSR count). The van der Waals surface area contributed by atoms with Crippen molar-refractivity contribution < 1.29 is 19.0 Å². The summed E-state index contributed by atoms with van der Waals surface area (Å²) in [6.07, 6.45) is 3.25. The van der Waals surface area contributed by atoms with Crippen LogP contribution < -0.4 is 0 Å². The Morgan fingerprint density at radius 2 is 2.00 bits per heavy atom. The van der Waals surface area contributed by atoms with E-state index in [9.17, 15) is 4.79 Å². The topological polar surface area (TPSA) is 44.8 Å². The summed E-state index contributed by atoms with van der Waals surface area (Å²) < 4.78 is 16.3. The van der Waals surface area contributed by atoms with Crippen molar-refractivity contribution in [2.45, 2.75) is 52.2 Å². The van der Waals surface area contributed by atoms with Gasteiger partial charge in [0.15, 0.2) is 5.79 Å². The Labute approximate surface area is 104 Å². The summed E-state index contributed by atoms with van der Waals surface area (Å²) in [7, 11) is 0. The number of hydrogen-bond donors (Lipinski definition) is 0. The van der Waals surface area contributed by atoms with Gasteiger partial charge in [-0.3, -0.25) is 4.79 Å². The van der Waals surface area contributed by atoms with Gasteiger partial charge in [-0.05, 0) is 33.1 Å². The van der Waals surface area contributed by atoms with Crippen LogP contribution in [0.5, 0.6) is 0 Å². The Morgan fingerprint density at radius 1 is 1.35 bits per heavy atom. The maximum absolute atomic E-state index is 11.6. The van der Waals surface area contributed by atoms with E-state index < -0.39 is 5.79 Å². The van der Waals surface area contributed by atoms with E-state index in [0.29, 0.717) is 6.61 Å². The van der Waals surface area contributed by atoms with Crippen molar-refractivity contribution in [2.24, 2.45) is 5.92 Å². The molecule has 4 nitrogen and oxygen atoms in total. The molecular weight excluding hydrogens is 220 g/mol. The van der Waals surface area contributed by atoms with Crippen LogP contribution in [0.25, 0.3) is 0 Å². The van der Waals surface area contributed by atoms with E-state index >= 15 is 0 Å². The van der Waals surface area contributed by atoms with Crippen LogP contribution in [0.1, 0.15) is 46.5 Å². The van der Waals surface area contributed by atoms with Crippen molar-refractivity contribution in [3.05, 3.63) is 0 Å². The highest BCUT2D eigenvalue weighted by Gasteiger charge is 2.31. The summed E-state index contributed by atoms with van der Waals surface area (Å²) in [5, 5.41) is 0. The molecule has 0 aromatic rings. The van der Waals surface area contributed by atoms with Gasteiger partial charge >= 0.3 is 5.97 Å². The lowest BCUT2D eigenvalue weighted by Crippen LogP contribution is -2.38. The van der Waals surface area contributed by atoms with Crippen LogP contribution >= 0.6 is 0 Å². The predicted molar refractivity (Wildman–Crippen MR) is 64.6 cm³/mol. The molecule has 1 heterocycles. The first kappa shape index (κ1) is 14.5. The summed E-state index contributed by atoms with van der Waals surface area (Å²) in [6, 6.07) is 0. The van der Waals surface area contributed by atoms with E-state index in [2.05, 4.69) is 0 Å². The molecule has 4 heteroatoms. The molecule has 0 aromatic heterocycles. The smallest absolute Gasteiger partial charge is 0.308 e. The summed E-state index contributed by atoms with van der Waals surface area (Å²) in [5.41, 5.74) is 0. The van der Waals surface area contributed by atoms with E-state index in [0.717, 1.165) is 38.9 Å². The summed E-state index contributed by atoms with van der Waals surface area (Å²) in [4.78, 5) is 11.6. The van der Waals surface area contributed by atoms with Crippen LogP contribution in [0.3, 0.4) is 0 Å². The zero-order valence-corrected chi connectivity index (χ0v) is 11.2. The minimum absolute atomic E-state index is 0.0408. The molecule has 0 bridgehead atoms. The van der Waals surface area contributed by atoms with Gasteiger partial charge in [0.25, 0.3) is 0 Å². The van der Waals surface area contributed by atoms with Crippen molar-refractivity contribution in [1.82, 2.24) is 0 Å². The number of esters is 1. The van der Waals surface area contributed by atoms with Gasteiger partial charge in [0.1, 0.15) is 0 Å². The van der Waals surface area contributed by atoms with Crippen LogP contribution in [0.15, 0.2) is 0 Å². The first-order chi connectivity index (χ1) is 8.11. The second-order valence-electron chi connectivity index (χ2n) is 4.58. The molecule has 17 heavy (non-hydrogen) atoms. The van der Waals surface area contributed by atoms with Gasteiger partial charge in [-0.2, -0.15) is 0 Å². The highest BCUT2D eigenvalue weighted by atomic mass is 16.7. The molecule has 0 N–H and O–H groups in total. The summed E-state index contributed by atoms with van der Waals surface area (Å²) in [6.45, 7) is 7.72. The van der Waals surface area contributed by atoms with Crippen LogP contribution in [0.4, 0.5) is 0 Å². The number of hydrogen-bond acceptors (Lipinski definition) is 4. The number of ether oxygens (including phenoxy) is 3. The lowest BCUT2D eigenvalue weighted by Gasteiger charge is -2.34. The normalized spacial score (nSPS) is 20.9. The average molecular weight is 244 g/mol. The zero-order valence-electron chi connectivity index (χ0n) is 11.2. The second-order valence-corrected chi connectivity index (χ2v) is 4.58. The molecule has 0 radical (unpaired) electrons. The minimum Gasteiger partial charge on any atom is -0.466 e. The maximum atomic E-state index is 11.6. The molecule has 1 unspecified atom stereocenters. The molecule has 100 valence electrons. The van der Waals surface area contributed by atoms with Crippen LogP contribution in [-0.2, 0) is 19.0 Å². The molecule has 0 spiro atoms. The van der Waals surface area contributed by atoms with Crippen molar-refractivity contribution in [3.8, 4) is 0 Å². The number of carbonyl (C=O) groups excluding carboxylic acids is 1. The quantitative estimate of drug-likeness (QED) is 0.673. The molecule has 0 aliphatic carbocycles. The Kier molecular flexibility index (Phi) is 5.92. The standard InChI is InChI=1S/C13H24O4/c1-4-11(12(14)15-5-2)7-8-13(3)16-9-6-10-17-13/h11H,4-10H2,1-3H3. The Hall–Kier alpha value is -0.610. The molecule has 1 atom stereocenters. The van der Waals surface area contributed by atoms with Crippen LogP contribution in [0, 0.1) is 5.92 Å². The van der Waals surface area contributed by atoms with E-state index in [1.54, 1.807) is 0 Å². The number of rotatable bonds is 6. The van der Waals surface area contributed by atoms with E-state index in [1.165, 1.54) is 0 Å². The van der Waals surface area contributed by atoms with Gasteiger partial charge in [0, 0.05) is 6.42 Å². The summed E-state index contributed by atoms with van der Waals surface area (Å²) in [5.74, 6) is -0.659. The number of carbonyl (C=O) groups is 1. The van der Waals surface area contributed by atoms with Crippen LogP contribution in [0.2, 0.25) is 0 Å². The molecule has 1 aliphatic heterocycles. The first-order valence-corrected chi connectivity index (χ1v) is 6.56. The average Bonchev–Trinajstić information content (AvgIpc) is 2.31. The van der Waals surface area contributed by atoms with Crippen molar-refractivity contribution >= 4 is 5.97 Å². The summed E-state index contributed by atoms with van der Waals surface area (Å²) >= 11 is 0. The van der Waals surface area contributed by atoms with Gasteiger partial charge in [-0.1, -0.05) is 6.92 Å². The molecule has 0 saturated carbocycles. The first-order valence-electron chi connectivity index (χ1n) is 6.56. The third-order valence-electron chi connectivity index (χ3n) is 3.16. The molecule has 1 aliphatic rings. The van der Waals surface area contributed by atoms with Crippen molar-refractivity contribution in [1.29, 1.82) is 0 Å². The highest BCUT2D eigenvalue weighted by Crippen LogP contribution is 2.27. The fraction of sp³-hybridized carbons (Fsp3) is 0.923. The third kappa shape index (κ3) is 4.64. The molecule has 1 fully saturated rings.